The third-order valence-corrected chi connectivity index (χ3v) is 15.3. The van der Waals surface area contributed by atoms with Gasteiger partial charge in [-0.1, -0.05) is 193 Å². The van der Waals surface area contributed by atoms with Crippen LogP contribution in [0.5, 0.6) is 11.5 Å². The maximum absolute atomic E-state index is 7.12. The predicted octanol–water partition coefficient (Wildman–Crippen LogP) is 18.0. The molecule has 0 fully saturated rings. The van der Waals surface area contributed by atoms with E-state index >= 15 is 0 Å². The zero-order chi connectivity index (χ0) is 51.7. The van der Waals surface area contributed by atoms with Gasteiger partial charge >= 0.3 is 0 Å². The molecular weight excluding hydrogens is 889 g/mol. The highest BCUT2D eigenvalue weighted by Gasteiger charge is 2.37. The fourth-order valence-corrected chi connectivity index (χ4v) is 10.5. The molecular formula is C68H72N4O. The van der Waals surface area contributed by atoms with Crippen molar-refractivity contribution in [2.24, 2.45) is 0 Å². The third kappa shape index (κ3) is 9.59. The van der Waals surface area contributed by atoms with E-state index in [2.05, 4.69) is 287 Å². The second-order valence-corrected chi connectivity index (χ2v) is 24.4. The smallest absolute Gasteiger partial charge is 0.137 e. The van der Waals surface area contributed by atoms with E-state index in [9.17, 15) is 0 Å². The Morgan fingerprint density at radius 2 is 1.01 bits per heavy atom. The topological polar surface area (TPSA) is 33.5 Å². The average Bonchev–Trinajstić information content (AvgIpc) is 3.97. The summed E-state index contributed by atoms with van der Waals surface area (Å²) in [4.78, 5) is 10.0. The fourth-order valence-electron chi connectivity index (χ4n) is 10.5. The standard InChI is InChI=1S/C68H72N4O/c1-64(2,3)50-29-32-60-59(40-50)58-31-30-56(43-61(58)72(60)63-41-51(33-34-69-63)67(10,11)48-25-19-15-20-26-48)73-57-39-53(66(7,8)9)37-54(42-57)70-44-62(68(12,13)49-27-21-16-22-28-49)71(45-70)55-36-47(46-23-17-14-18-24-46)35-52(38-55)65(4,5)6/h14-44H,45H2,1-13H3. The lowest BCUT2D eigenvalue weighted by molar-refractivity contribution is 0.479. The molecule has 0 atom stereocenters. The molecule has 0 aliphatic carbocycles. The molecule has 0 saturated heterocycles. The van der Waals surface area contributed by atoms with E-state index in [1.165, 1.54) is 61.3 Å². The van der Waals surface area contributed by atoms with Gasteiger partial charge in [-0.3, -0.25) is 4.57 Å². The number of allylic oxidation sites excluding steroid dienone is 1. The minimum absolute atomic E-state index is 0.0134. The van der Waals surface area contributed by atoms with Crippen LogP contribution in [-0.4, -0.2) is 16.2 Å². The number of rotatable bonds is 10. The predicted molar refractivity (Wildman–Crippen MR) is 309 cm³/mol. The molecule has 0 spiro atoms. The minimum atomic E-state index is -0.325. The van der Waals surface area contributed by atoms with Crippen LogP contribution in [0.1, 0.15) is 123 Å². The molecule has 0 amide bonds. The molecule has 10 rings (SSSR count). The van der Waals surface area contributed by atoms with Gasteiger partial charge in [0.2, 0.25) is 0 Å². The number of nitrogens with zero attached hydrogens (tertiary/aromatic N) is 4. The Hall–Kier alpha value is -7.37. The summed E-state index contributed by atoms with van der Waals surface area (Å²) >= 11 is 0. The molecule has 0 bridgehead atoms. The quantitative estimate of drug-likeness (QED) is 0.137. The van der Waals surface area contributed by atoms with Gasteiger partial charge in [-0.2, -0.15) is 0 Å². The number of hydrogen-bond acceptors (Lipinski definition) is 4. The van der Waals surface area contributed by atoms with E-state index in [0.717, 1.165) is 39.4 Å². The number of hydrogen-bond donors (Lipinski definition) is 0. The van der Waals surface area contributed by atoms with Gasteiger partial charge in [0.1, 0.15) is 17.3 Å². The SMILES string of the molecule is CC(C)(C)c1cc(Oc2ccc3c4cc(C(C)(C)C)ccc4n(-c4cc(C(C)(C)c5ccccc5)ccn4)c3c2)cc(N2C=C(C(C)(C)c3ccccc3)N(c3cc(-c4ccccc4)cc(C(C)(C)C)c3)C2)c1. The maximum Gasteiger partial charge on any atom is 0.137 e. The van der Waals surface area contributed by atoms with Crippen LogP contribution in [0, 0.1) is 0 Å². The van der Waals surface area contributed by atoms with Crippen molar-refractivity contribution in [3.8, 4) is 28.4 Å². The van der Waals surface area contributed by atoms with Gasteiger partial charge in [0.15, 0.2) is 0 Å². The monoisotopic (exact) mass is 961 g/mol. The van der Waals surface area contributed by atoms with Crippen molar-refractivity contribution in [3.63, 3.8) is 0 Å². The van der Waals surface area contributed by atoms with Crippen LogP contribution in [0.15, 0.2) is 194 Å². The molecule has 9 aromatic rings. The molecule has 1 aliphatic rings. The van der Waals surface area contributed by atoms with E-state index < -0.39 is 0 Å². The Morgan fingerprint density at radius 1 is 0.411 bits per heavy atom. The molecule has 0 saturated carbocycles. The Morgan fingerprint density at radius 3 is 1.66 bits per heavy atom. The number of fused-ring (bicyclic) bond motifs is 3. The van der Waals surface area contributed by atoms with Crippen molar-refractivity contribution in [3.05, 3.63) is 227 Å². The van der Waals surface area contributed by atoms with Crippen LogP contribution in [0.25, 0.3) is 38.8 Å². The van der Waals surface area contributed by atoms with Gasteiger partial charge in [0.05, 0.1) is 17.7 Å². The van der Waals surface area contributed by atoms with Crippen LogP contribution < -0.4 is 14.5 Å². The first-order valence-corrected chi connectivity index (χ1v) is 26.0. The Balaban J connectivity index is 1.09. The van der Waals surface area contributed by atoms with Crippen molar-refractivity contribution >= 4 is 33.2 Å². The Kier molecular flexibility index (Phi) is 12.3. The van der Waals surface area contributed by atoms with Gasteiger partial charge in [0.25, 0.3) is 0 Å². The molecule has 2 aromatic heterocycles. The number of aromatic nitrogens is 2. The molecule has 370 valence electrons. The summed E-state index contributed by atoms with van der Waals surface area (Å²) in [6, 6.07) is 64.3. The highest BCUT2D eigenvalue weighted by Crippen LogP contribution is 2.45. The largest absolute Gasteiger partial charge is 0.457 e. The first kappa shape index (κ1) is 49.2. The number of anilines is 2. The summed E-state index contributed by atoms with van der Waals surface area (Å²) in [5.41, 5.74) is 14.8. The minimum Gasteiger partial charge on any atom is -0.457 e. The third-order valence-electron chi connectivity index (χ3n) is 15.3. The van der Waals surface area contributed by atoms with Crippen LogP contribution in [0.2, 0.25) is 0 Å². The van der Waals surface area contributed by atoms with Crippen molar-refractivity contribution in [1.82, 2.24) is 9.55 Å². The molecule has 7 aromatic carbocycles. The summed E-state index contributed by atoms with van der Waals surface area (Å²) in [7, 11) is 0. The molecule has 0 radical (unpaired) electrons. The summed E-state index contributed by atoms with van der Waals surface area (Å²) in [5.74, 6) is 2.44. The lowest BCUT2D eigenvalue weighted by Crippen LogP contribution is -2.34. The Bertz CT molecular complexity index is 3510. The molecule has 73 heavy (non-hydrogen) atoms. The van der Waals surface area contributed by atoms with Gasteiger partial charge in [-0.15, -0.1) is 0 Å². The Labute approximate surface area is 434 Å². The summed E-state index contributed by atoms with van der Waals surface area (Å²) in [6.45, 7) is 30.5. The van der Waals surface area contributed by atoms with Crippen molar-refractivity contribution in [2.75, 3.05) is 16.5 Å². The zero-order valence-corrected chi connectivity index (χ0v) is 45.3. The maximum atomic E-state index is 7.12. The molecule has 5 nitrogen and oxygen atoms in total. The molecule has 5 heteroatoms. The number of pyridine rings is 1. The molecule has 3 heterocycles. The van der Waals surface area contributed by atoms with E-state index in [0.29, 0.717) is 6.67 Å². The van der Waals surface area contributed by atoms with Crippen molar-refractivity contribution in [2.45, 2.75) is 117 Å². The first-order valence-electron chi connectivity index (χ1n) is 26.0. The van der Waals surface area contributed by atoms with Crippen molar-refractivity contribution < 1.29 is 4.74 Å². The van der Waals surface area contributed by atoms with E-state index in [4.69, 9.17) is 9.72 Å². The normalized spacial score (nSPS) is 13.8. The summed E-state index contributed by atoms with van der Waals surface area (Å²) in [6.07, 6.45) is 4.33. The van der Waals surface area contributed by atoms with E-state index in [1.54, 1.807) is 0 Å². The second kappa shape index (κ2) is 18.3. The molecule has 1 aliphatic heterocycles. The van der Waals surface area contributed by atoms with Gasteiger partial charge in [-0.05, 0) is 121 Å². The van der Waals surface area contributed by atoms with Gasteiger partial charge < -0.3 is 14.5 Å². The summed E-state index contributed by atoms with van der Waals surface area (Å²) in [5, 5.41) is 2.36. The highest BCUT2D eigenvalue weighted by molar-refractivity contribution is 6.10. The van der Waals surface area contributed by atoms with Crippen LogP contribution in [-0.2, 0) is 27.1 Å². The van der Waals surface area contributed by atoms with Gasteiger partial charge in [0, 0.05) is 63.2 Å². The highest BCUT2D eigenvalue weighted by atomic mass is 16.5. The second-order valence-electron chi connectivity index (χ2n) is 24.4. The summed E-state index contributed by atoms with van der Waals surface area (Å²) < 4.78 is 9.44. The van der Waals surface area contributed by atoms with E-state index in [1.807, 2.05) is 6.20 Å². The molecule has 0 N–H and O–H groups in total. The van der Waals surface area contributed by atoms with Gasteiger partial charge in [-0.25, -0.2) is 4.98 Å². The number of benzene rings is 7. The van der Waals surface area contributed by atoms with Crippen LogP contribution in [0.3, 0.4) is 0 Å². The lowest BCUT2D eigenvalue weighted by Gasteiger charge is -2.35. The van der Waals surface area contributed by atoms with Crippen molar-refractivity contribution in [1.29, 1.82) is 0 Å². The van der Waals surface area contributed by atoms with Crippen LogP contribution >= 0.6 is 0 Å². The fraction of sp³-hybridized carbons (Fsp3) is 0.279. The lowest BCUT2D eigenvalue weighted by atomic mass is 9.78. The van der Waals surface area contributed by atoms with Crippen LogP contribution in [0.4, 0.5) is 11.4 Å². The average molecular weight is 961 g/mol. The number of ether oxygens (including phenoxy) is 1. The molecule has 0 unspecified atom stereocenters. The van der Waals surface area contributed by atoms with E-state index in [-0.39, 0.29) is 27.1 Å². The zero-order valence-electron chi connectivity index (χ0n) is 45.3. The first-order chi connectivity index (χ1) is 34.6.